The van der Waals surface area contributed by atoms with Crippen molar-refractivity contribution in [2.24, 2.45) is 0 Å². The molecule has 0 aliphatic carbocycles. The predicted molar refractivity (Wildman–Crippen MR) is 24.0 cm³/mol. The Morgan fingerprint density at radius 2 is 2.22 bits per heavy atom. The average Bonchev–Trinajstić information content (AvgIpc) is 1.82. The first-order valence-electron chi connectivity index (χ1n) is 2.24. The van der Waals surface area contributed by atoms with Crippen LogP contribution in [0.25, 0.3) is 0 Å². The first-order valence-corrected chi connectivity index (χ1v) is 2.24. The molecule has 0 radical (unpaired) electrons. The van der Waals surface area contributed by atoms with Crippen LogP contribution in [0.5, 0.6) is 0 Å². The summed E-state index contributed by atoms with van der Waals surface area (Å²) < 4.78 is 26.2. The number of rotatable bonds is 3. The number of carbonyl (C=O) groups is 1. The SMILES string of the molecule is O=C(OCCO)C(F)F. The molecule has 0 aliphatic rings. The van der Waals surface area contributed by atoms with Crippen LogP contribution in [-0.2, 0) is 9.53 Å². The molecule has 0 amide bonds. The number of hydrogen-bond donors (Lipinski definition) is 1. The van der Waals surface area contributed by atoms with Gasteiger partial charge in [0.15, 0.2) is 0 Å². The molecule has 9 heavy (non-hydrogen) atoms. The van der Waals surface area contributed by atoms with Crippen molar-refractivity contribution < 1.29 is 23.4 Å². The third-order valence-electron chi connectivity index (χ3n) is 0.514. The van der Waals surface area contributed by atoms with Gasteiger partial charge < -0.3 is 9.84 Å². The van der Waals surface area contributed by atoms with Crippen LogP contribution in [0, 0.1) is 0 Å². The van der Waals surface area contributed by atoms with E-state index in [-0.39, 0.29) is 6.61 Å². The van der Waals surface area contributed by atoms with Gasteiger partial charge in [-0.15, -0.1) is 0 Å². The molecule has 5 heteroatoms. The lowest BCUT2D eigenvalue weighted by Crippen LogP contribution is -2.16. The van der Waals surface area contributed by atoms with E-state index in [4.69, 9.17) is 5.11 Å². The zero-order chi connectivity index (χ0) is 7.28. The van der Waals surface area contributed by atoms with E-state index in [1.165, 1.54) is 0 Å². The zero-order valence-electron chi connectivity index (χ0n) is 4.51. The van der Waals surface area contributed by atoms with Gasteiger partial charge in [-0.25, -0.2) is 4.79 Å². The Balaban J connectivity index is 3.28. The normalized spacial score (nSPS) is 9.78. The fourth-order valence-corrected chi connectivity index (χ4v) is 0.209. The lowest BCUT2D eigenvalue weighted by molar-refractivity contribution is -0.157. The molecule has 0 heterocycles. The van der Waals surface area contributed by atoms with Gasteiger partial charge in [0, 0.05) is 0 Å². The fourth-order valence-electron chi connectivity index (χ4n) is 0.209. The van der Waals surface area contributed by atoms with Gasteiger partial charge in [0.05, 0.1) is 6.61 Å². The van der Waals surface area contributed by atoms with Crippen LogP contribution in [-0.4, -0.2) is 30.7 Å². The van der Waals surface area contributed by atoms with Gasteiger partial charge in [0.1, 0.15) is 6.61 Å². The van der Waals surface area contributed by atoms with E-state index < -0.39 is 19.0 Å². The maximum absolute atomic E-state index is 11.2. The van der Waals surface area contributed by atoms with Crippen molar-refractivity contribution in [1.82, 2.24) is 0 Å². The molecule has 3 nitrogen and oxygen atoms in total. The summed E-state index contributed by atoms with van der Waals surface area (Å²) in [6.07, 6.45) is -3.10. The van der Waals surface area contributed by atoms with Crippen LogP contribution in [0.15, 0.2) is 0 Å². The minimum atomic E-state index is -3.10. The van der Waals surface area contributed by atoms with E-state index in [0.717, 1.165) is 0 Å². The number of ether oxygens (including phenoxy) is 1. The van der Waals surface area contributed by atoms with Crippen LogP contribution in [0.4, 0.5) is 8.78 Å². The molecule has 0 rings (SSSR count). The minimum Gasteiger partial charge on any atom is -0.459 e. The lowest BCUT2D eigenvalue weighted by Gasteiger charge is -1.98. The standard InChI is InChI=1S/C4H6F2O3/c5-3(6)4(8)9-2-1-7/h3,7H,1-2H2. The molecular weight excluding hydrogens is 134 g/mol. The van der Waals surface area contributed by atoms with E-state index in [1.807, 2.05) is 0 Å². The number of esters is 1. The summed E-state index contributed by atoms with van der Waals surface area (Å²) in [7, 11) is 0. The largest absolute Gasteiger partial charge is 0.459 e. The summed E-state index contributed by atoms with van der Waals surface area (Å²) in [5.41, 5.74) is 0. The summed E-state index contributed by atoms with van der Waals surface area (Å²) >= 11 is 0. The first kappa shape index (κ1) is 8.29. The Morgan fingerprint density at radius 3 is 2.56 bits per heavy atom. The van der Waals surface area contributed by atoms with Gasteiger partial charge in [0.25, 0.3) is 0 Å². The maximum atomic E-state index is 11.2. The van der Waals surface area contributed by atoms with Gasteiger partial charge in [0.2, 0.25) is 0 Å². The van der Waals surface area contributed by atoms with E-state index in [1.54, 1.807) is 0 Å². The van der Waals surface area contributed by atoms with E-state index >= 15 is 0 Å². The van der Waals surface area contributed by atoms with Crippen molar-refractivity contribution >= 4 is 5.97 Å². The molecular formula is C4H6F2O3. The van der Waals surface area contributed by atoms with Gasteiger partial charge in [-0.2, -0.15) is 8.78 Å². The summed E-state index contributed by atoms with van der Waals surface area (Å²) in [4.78, 5) is 9.82. The Morgan fingerprint density at radius 1 is 1.67 bits per heavy atom. The van der Waals surface area contributed by atoms with Gasteiger partial charge in [-0.3, -0.25) is 0 Å². The highest BCUT2D eigenvalue weighted by Gasteiger charge is 2.15. The Hall–Kier alpha value is -0.710. The van der Waals surface area contributed by atoms with Crippen molar-refractivity contribution in [3.05, 3.63) is 0 Å². The second kappa shape index (κ2) is 4.20. The van der Waals surface area contributed by atoms with Gasteiger partial charge in [-0.05, 0) is 0 Å². The van der Waals surface area contributed by atoms with Crippen LogP contribution in [0.2, 0.25) is 0 Å². The molecule has 0 saturated carbocycles. The van der Waals surface area contributed by atoms with Crippen molar-refractivity contribution in [3.63, 3.8) is 0 Å². The van der Waals surface area contributed by atoms with Gasteiger partial charge in [-0.1, -0.05) is 0 Å². The number of aliphatic hydroxyl groups excluding tert-OH is 1. The molecule has 0 saturated heterocycles. The summed E-state index contributed by atoms with van der Waals surface area (Å²) in [6.45, 7) is -0.804. The summed E-state index contributed by atoms with van der Waals surface area (Å²) in [5.74, 6) is -1.59. The second-order valence-electron chi connectivity index (χ2n) is 1.19. The predicted octanol–water partition coefficient (Wildman–Crippen LogP) is -0.213. The molecule has 0 aromatic heterocycles. The summed E-state index contributed by atoms with van der Waals surface area (Å²) in [5, 5.41) is 7.97. The smallest absolute Gasteiger partial charge is 0.373 e. The zero-order valence-corrected chi connectivity index (χ0v) is 4.51. The van der Waals surface area contributed by atoms with Crippen molar-refractivity contribution in [3.8, 4) is 0 Å². The van der Waals surface area contributed by atoms with Crippen LogP contribution in [0.3, 0.4) is 0 Å². The molecule has 0 aromatic rings. The highest BCUT2D eigenvalue weighted by Crippen LogP contribution is 1.94. The monoisotopic (exact) mass is 140 g/mol. The molecule has 54 valence electrons. The Labute approximate surface area is 50.2 Å². The third-order valence-corrected chi connectivity index (χ3v) is 0.514. The number of halogens is 2. The first-order chi connectivity index (χ1) is 4.18. The molecule has 0 bridgehead atoms. The minimum absolute atomic E-state index is 0.372. The molecule has 1 N–H and O–H groups in total. The van der Waals surface area contributed by atoms with Crippen molar-refractivity contribution in [1.29, 1.82) is 0 Å². The van der Waals surface area contributed by atoms with Crippen LogP contribution in [0.1, 0.15) is 0 Å². The molecule has 0 aromatic carbocycles. The van der Waals surface area contributed by atoms with Crippen molar-refractivity contribution in [2.45, 2.75) is 6.43 Å². The third kappa shape index (κ3) is 3.84. The molecule has 0 fully saturated rings. The average molecular weight is 140 g/mol. The fraction of sp³-hybridized carbons (Fsp3) is 0.750. The van der Waals surface area contributed by atoms with Gasteiger partial charge >= 0.3 is 12.4 Å². The number of aliphatic hydroxyl groups is 1. The Bertz CT molecular complexity index is 93.8. The topological polar surface area (TPSA) is 46.5 Å². The highest BCUT2D eigenvalue weighted by atomic mass is 19.3. The molecule has 0 spiro atoms. The van der Waals surface area contributed by atoms with Crippen LogP contribution < -0.4 is 0 Å². The number of carbonyl (C=O) groups excluding carboxylic acids is 1. The maximum Gasteiger partial charge on any atom is 0.373 e. The Kier molecular flexibility index (Phi) is 3.87. The summed E-state index contributed by atoms with van der Waals surface area (Å²) in [6, 6.07) is 0. The van der Waals surface area contributed by atoms with E-state index in [9.17, 15) is 13.6 Å². The quantitative estimate of drug-likeness (QED) is 0.551. The highest BCUT2D eigenvalue weighted by molar-refractivity contribution is 5.72. The number of alkyl halides is 2. The van der Waals surface area contributed by atoms with Crippen LogP contribution >= 0.6 is 0 Å². The molecule has 0 unspecified atom stereocenters. The lowest BCUT2D eigenvalue weighted by atomic mass is 10.7. The van der Waals surface area contributed by atoms with E-state index in [2.05, 4.69) is 4.74 Å². The molecule has 0 atom stereocenters. The van der Waals surface area contributed by atoms with Crippen molar-refractivity contribution in [2.75, 3.05) is 13.2 Å². The van der Waals surface area contributed by atoms with E-state index in [0.29, 0.717) is 0 Å². The molecule has 0 aliphatic heterocycles. The second-order valence-corrected chi connectivity index (χ2v) is 1.19. The number of hydrogen-bond acceptors (Lipinski definition) is 3.